The first kappa shape index (κ1) is 77.1. The van der Waals surface area contributed by atoms with Crippen LogP contribution in [-0.2, 0) is 52.3 Å². The van der Waals surface area contributed by atoms with E-state index in [0.29, 0.717) is 19.3 Å². The standard InChI is InChI=1S/C66H122O19/c1-4-7-10-13-16-19-22-25-28-31-34-37-40-43-53(68)78-46-50-56(71)59(74)61(76)64(81-50)83-63-58(73)52(48-80-55(70)45-42-39-36-33-30-27-24-21-18-15-12-9-6-3)84-66(63,49-67)85-65-62(77)60(75)57(72)51(82-65)47-79-54(69)44-41-38-35-32-29-26-23-20-17-14-11-8-5-2/h50-52,56-65,67,71-77H,4-49H2,1-3H3/t50-,51-,52-,56-,57-,58-,59+,60+,61-,62-,63+,64-,65-,66+/m1/s1. The Morgan fingerprint density at radius 1 is 0.341 bits per heavy atom. The number of esters is 3. The van der Waals surface area contributed by atoms with Crippen LogP contribution in [0.5, 0.6) is 0 Å². The Morgan fingerprint density at radius 2 is 0.612 bits per heavy atom. The van der Waals surface area contributed by atoms with Crippen LogP contribution in [0.25, 0.3) is 0 Å². The molecular formula is C66H122O19. The van der Waals surface area contributed by atoms with Crippen molar-refractivity contribution >= 4 is 17.9 Å². The van der Waals surface area contributed by atoms with Crippen LogP contribution in [0, 0.1) is 0 Å². The Hall–Kier alpha value is -2.11. The van der Waals surface area contributed by atoms with Gasteiger partial charge in [-0.2, -0.15) is 0 Å². The van der Waals surface area contributed by atoms with Crippen LogP contribution in [0.2, 0.25) is 0 Å². The number of hydrogen-bond acceptors (Lipinski definition) is 19. The molecule has 500 valence electrons. The van der Waals surface area contributed by atoms with Gasteiger partial charge >= 0.3 is 17.9 Å². The van der Waals surface area contributed by atoms with Crippen molar-refractivity contribution in [1.29, 1.82) is 0 Å². The topological polar surface area (TPSA) is 287 Å². The minimum atomic E-state index is -2.57. The molecule has 0 aromatic rings. The van der Waals surface area contributed by atoms with Crippen LogP contribution in [0.1, 0.15) is 290 Å². The van der Waals surface area contributed by atoms with E-state index in [-0.39, 0.29) is 19.3 Å². The first-order chi connectivity index (χ1) is 41.2. The van der Waals surface area contributed by atoms with Crippen LogP contribution >= 0.6 is 0 Å². The third-order valence-corrected chi connectivity index (χ3v) is 17.3. The molecule has 0 aromatic carbocycles. The molecule has 3 fully saturated rings. The number of carbonyl (C=O) groups is 3. The summed E-state index contributed by atoms with van der Waals surface area (Å²) >= 11 is 0. The van der Waals surface area contributed by atoms with Gasteiger partial charge in [0.1, 0.15) is 93.6 Å². The molecule has 8 N–H and O–H groups in total. The molecule has 3 saturated heterocycles. The third kappa shape index (κ3) is 31.5. The van der Waals surface area contributed by atoms with Gasteiger partial charge in [0.05, 0.1) is 0 Å². The Balaban J connectivity index is 1.61. The molecule has 3 rings (SSSR count). The van der Waals surface area contributed by atoms with Gasteiger partial charge in [-0.25, -0.2) is 0 Å². The maximum atomic E-state index is 13.1. The van der Waals surface area contributed by atoms with Crippen LogP contribution in [-0.4, -0.2) is 171 Å². The van der Waals surface area contributed by atoms with Crippen molar-refractivity contribution in [2.24, 2.45) is 0 Å². The fourth-order valence-corrected chi connectivity index (χ4v) is 11.7. The molecular weight excluding hydrogens is 1100 g/mol. The van der Waals surface area contributed by atoms with Crippen molar-refractivity contribution in [3.05, 3.63) is 0 Å². The molecule has 0 amide bonds. The van der Waals surface area contributed by atoms with Crippen molar-refractivity contribution in [2.45, 2.75) is 376 Å². The second kappa shape index (κ2) is 47.8. The van der Waals surface area contributed by atoms with Crippen LogP contribution in [0.4, 0.5) is 0 Å². The average Bonchev–Trinajstić information content (AvgIpc) is 2.38. The van der Waals surface area contributed by atoms with E-state index < -0.39 is 130 Å². The lowest BCUT2D eigenvalue weighted by molar-refractivity contribution is -0.400. The van der Waals surface area contributed by atoms with Crippen molar-refractivity contribution in [3.8, 4) is 0 Å². The lowest BCUT2D eigenvalue weighted by Crippen LogP contribution is -2.64. The highest BCUT2D eigenvalue weighted by molar-refractivity contribution is 5.70. The molecule has 19 heteroatoms. The summed E-state index contributed by atoms with van der Waals surface area (Å²) in [7, 11) is 0. The van der Waals surface area contributed by atoms with Crippen LogP contribution < -0.4 is 0 Å². The molecule has 14 atom stereocenters. The zero-order chi connectivity index (χ0) is 61.9. The number of carbonyl (C=O) groups excluding carboxylic acids is 3. The lowest BCUT2D eigenvalue weighted by Gasteiger charge is -2.45. The van der Waals surface area contributed by atoms with Gasteiger partial charge in [-0.3, -0.25) is 14.4 Å². The molecule has 0 radical (unpaired) electrons. The van der Waals surface area contributed by atoms with Crippen molar-refractivity contribution in [2.75, 3.05) is 26.4 Å². The number of ether oxygens (including phenoxy) is 8. The largest absolute Gasteiger partial charge is 0.463 e. The molecule has 3 heterocycles. The molecule has 0 aliphatic carbocycles. The smallest absolute Gasteiger partial charge is 0.305 e. The molecule has 3 aliphatic rings. The Kier molecular flexibility index (Phi) is 43.4. The number of unbranched alkanes of at least 4 members (excludes halogenated alkanes) is 36. The molecule has 0 unspecified atom stereocenters. The number of aliphatic hydroxyl groups is 8. The van der Waals surface area contributed by atoms with E-state index in [1.54, 1.807) is 0 Å². The summed E-state index contributed by atoms with van der Waals surface area (Å²) in [6, 6.07) is 0. The highest BCUT2D eigenvalue weighted by atomic mass is 16.8. The summed E-state index contributed by atoms with van der Waals surface area (Å²) in [6.07, 6.45) is 21.2. The Morgan fingerprint density at radius 3 is 0.918 bits per heavy atom. The molecule has 0 spiro atoms. The highest BCUT2D eigenvalue weighted by Gasteiger charge is 2.62. The van der Waals surface area contributed by atoms with Crippen molar-refractivity contribution in [1.82, 2.24) is 0 Å². The van der Waals surface area contributed by atoms with E-state index in [2.05, 4.69) is 20.8 Å². The highest BCUT2D eigenvalue weighted by Crippen LogP contribution is 2.40. The predicted octanol–water partition coefficient (Wildman–Crippen LogP) is 10.5. The minimum absolute atomic E-state index is 0.0868. The number of aliphatic hydroxyl groups excluding tert-OH is 8. The number of hydrogen-bond donors (Lipinski definition) is 8. The summed E-state index contributed by atoms with van der Waals surface area (Å²) in [5, 5.41) is 89.6. The molecule has 3 aliphatic heterocycles. The first-order valence-electron chi connectivity index (χ1n) is 34.4. The Bertz CT molecular complexity index is 1660. The van der Waals surface area contributed by atoms with Gasteiger partial charge in [-0.15, -0.1) is 0 Å². The fraction of sp³-hybridized carbons (Fsp3) is 0.955. The Labute approximate surface area is 511 Å². The normalized spacial score (nSPS) is 27.8. The second-order valence-corrected chi connectivity index (χ2v) is 24.8. The molecule has 85 heavy (non-hydrogen) atoms. The minimum Gasteiger partial charge on any atom is -0.463 e. The number of rotatable bonds is 53. The van der Waals surface area contributed by atoms with Gasteiger partial charge in [0, 0.05) is 19.3 Å². The monoisotopic (exact) mass is 1220 g/mol. The quantitative estimate of drug-likeness (QED) is 0.0160. The lowest BCUT2D eigenvalue weighted by atomic mass is 9.98. The maximum absolute atomic E-state index is 13.1. The van der Waals surface area contributed by atoms with E-state index >= 15 is 0 Å². The average molecular weight is 1220 g/mol. The summed E-state index contributed by atoms with van der Waals surface area (Å²) in [5.41, 5.74) is 0. The van der Waals surface area contributed by atoms with Gasteiger partial charge in [0.2, 0.25) is 5.79 Å². The van der Waals surface area contributed by atoms with Gasteiger partial charge in [0.25, 0.3) is 0 Å². The third-order valence-electron chi connectivity index (χ3n) is 17.3. The van der Waals surface area contributed by atoms with E-state index in [1.807, 2.05) is 0 Å². The summed E-state index contributed by atoms with van der Waals surface area (Å²) in [4.78, 5) is 38.7. The molecule has 0 saturated carbocycles. The van der Waals surface area contributed by atoms with E-state index in [1.165, 1.54) is 154 Å². The van der Waals surface area contributed by atoms with E-state index in [9.17, 15) is 55.2 Å². The molecule has 0 bridgehead atoms. The predicted molar refractivity (Wildman–Crippen MR) is 324 cm³/mol. The van der Waals surface area contributed by atoms with Gasteiger partial charge in [0.15, 0.2) is 12.6 Å². The van der Waals surface area contributed by atoms with Gasteiger partial charge in [-0.1, -0.05) is 252 Å². The SMILES string of the molecule is CCCCCCCCCCCCCCCC(=O)OC[C@H]1O[C@@](CO)(O[C@H]2O[C@H](COC(=O)CCCCCCCCCCCCCCC)[C@@H](O)[C@H](O)[C@H]2O)[C@@H](O[C@H]2O[C@H](COC(=O)CCCCCCCCCCCCCCC)[C@@H](O)[C@H](O)[C@H]2O)[C@@H]1O. The first-order valence-corrected chi connectivity index (χ1v) is 34.4. The van der Waals surface area contributed by atoms with E-state index in [4.69, 9.17) is 37.9 Å². The molecule has 19 nitrogen and oxygen atoms in total. The fourth-order valence-electron chi connectivity index (χ4n) is 11.7. The second-order valence-electron chi connectivity index (χ2n) is 24.8. The van der Waals surface area contributed by atoms with Crippen LogP contribution in [0.3, 0.4) is 0 Å². The zero-order valence-electron chi connectivity index (χ0n) is 53.1. The summed E-state index contributed by atoms with van der Waals surface area (Å²) < 4.78 is 46.6. The summed E-state index contributed by atoms with van der Waals surface area (Å²) in [5.74, 6) is -4.28. The van der Waals surface area contributed by atoms with E-state index in [0.717, 1.165) is 77.0 Å². The van der Waals surface area contributed by atoms with Crippen LogP contribution in [0.15, 0.2) is 0 Å². The van der Waals surface area contributed by atoms with Gasteiger partial charge in [-0.05, 0) is 19.3 Å². The van der Waals surface area contributed by atoms with Crippen molar-refractivity contribution < 1.29 is 93.1 Å². The van der Waals surface area contributed by atoms with Crippen molar-refractivity contribution in [3.63, 3.8) is 0 Å². The summed E-state index contributed by atoms with van der Waals surface area (Å²) in [6.45, 7) is 3.82. The van der Waals surface area contributed by atoms with Gasteiger partial charge < -0.3 is 78.7 Å². The molecule has 0 aromatic heterocycles. The maximum Gasteiger partial charge on any atom is 0.305 e. The zero-order valence-corrected chi connectivity index (χ0v) is 53.1.